The van der Waals surface area contributed by atoms with Crippen molar-refractivity contribution in [3.8, 4) is 17.2 Å². The zero-order valence-corrected chi connectivity index (χ0v) is 19.1. The zero-order chi connectivity index (χ0) is 21.0. The van der Waals surface area contributed by atoms with Crippen LogP contribution in [-0.2, 0) is 4.79 Å². The molecule has 0 spiro atoms. The van der Waals surface area contributed by atoms with E-state index in [1.54, 1.807) is 0 Å². The second kappa shape index (κ2) is 9.65. The highest BCUT2D eigenvalue weighted by Gasteiger charge is 2.31. The Balaban J connectivity index is 1.20. The van der Waals surface area contributed by atoms with Crippen molar-refractivity contribution in [2.75, 3.05) is 37.9 Å². The Labute approximate surface area is 191 Å². The van der Waals surface area contributed by atoms with Gasteiger partial charge in [0.2, 0.25) is 0 Å². The van der Waals surface area contributed by atoms with E-state index in [9.17, 15) is 4.79 Å². The molecule has 1 atom stereocenters. The van der Waals surface area contributed by atoms with Gasteiger partial charge in [0.25, 0.3) is 5.91 Å². The fourth-order valence-corrected chi connectivity index (χ4v) is 7.20. The predicted octanol–water partition coefficient (Wildman–Crippen LogP) is 5.07. The normalized spacial score (nSPS) is 21.2. The van der Waals surface area contributed by atoms with Gasteiger partial charge in [-0.3, -0.25) is 4.79 Å². The molecule has 5 rings (SSSR count). The Hall–Kier alpha value is -1.99. The minimum atomic E-state index is 0.0276. The number of likely N-dealkylation sites (tertiary alicyclic amines) is 1. The van der Waals surface area contributed by atoms with Crippen LogP contribution < -0.4 is 14.2 Å². The number of thioether (sulfide) groups is 2. The second-order valence-electron chi connectivity index (χ2n) is 7.93. The van der Waals surface area contributed by atoms with Gasteiger partial charge in [-0.1, -0.05) is 18.2 Å². The number of rotatable bonds is 5. The lowest BCUT2D eigenvalue weighted by molar-refractivity contribution is -0.134. The molecule has 0 N–H and O–H groups in total. The first-order valence-electron chi connectivity index (χ1n) is 10.9. The maximum absolute atomic E-state index is 12.9. The third-order valence-corrected chi connectivity index (χ3v) is 8.88. The Bertz CT molecular complexity index is 914. The van der Waals surface area contributed by atoms with Crippen molar-refractivity contribution < 1.29 is 19.0 Å². The highest BCUT2D eigenvalue weighted by Crippen LogP contribution is 2.44. The second-order valence-corrected chi connectivity index (χ2v) is 10.7. The van der Waals surface area contributed by atoms with Gasteiger partial charge >= 0.3 is 0 Å². The zero-order valence-electron chi connectivity index (χ0n) is 17.5. The number of fused-ring (bicyclic) bond motifs is 1. The summed E-state index contributed by atoms with van der Waals surface area (Å²) in [6, 6.07) is 14.3. The molecule has 2 fully saturated rings. The van der Waals surface area contributed by atoms with Crippen molar-refractivity contribution >= 4 is 29.4 Å². The van der Waals surface area contributed by atoms with Gasteiger partial charge in [-0.2, -0.15) is 0 Å². The van der Waals surface area contributed by atoms with E-state index in [-0.39, 0.29) is 18.6 Å². The van der Waals surface area contributed by atoms with E-state index in [2.05, 4.69) is 12.1 Å². The van der Waals surface area contributed by atoms with Gasteiger partial charge < -0.3 is 19.1 Å². The Kier molecular flexibility index (Phi) is 6.50. The van der Waals surface area contributed by atoms with E-state index in [1.807, 2.05) is 58.8 Å². The third-order valence-electron chi connectivity index (χ3n) is 5.87. The quantitative estimate of drug-likeness (QED) is 0.625. The summed E-state index contributed by atoms with van der Waals surface area (Å²) in [6.07, 6.45) is 3.24. The Morgan fingerprint density at radius 1 is 0.968 bits per heavy atom. The molecule has 31 heavy (non-hydrogen) atoms. The molecule has 2 aromatic carbocycles. The summed E-state index contributed by atoms with van der Waals surface area (Å²) in [5.41, 5.74) is 2.42. The SMILES string of the molecule is O=C(COc1ccc(C2SCCCS2)cc1)N1CCCC1c1ccc2c(c1)OCCO2. The van der Waals surface area contributed by atoms with Crippen LogP contribution in [0.1, 0.15) is 41.0 Å². The Morgan fingerprint density at radius 3 is 2.52 bits per heavy atom. The average molecular weight is 458 g/mol. The molecule has 5 nitrogen and oxygen atoms in total. The van der Waals surface area contributed by atoms with E-state index in [0.717, 1.165) is 42.2 Å². The van der Waals surface area contributed by atoms with Gasteiger partial charge in [0.1, 0.15) is 19.0 Å². The minimum absolute atomic E-state index is 0.0276. The lowest BCUT2D eigenvalue weighted by Gasteiger charge is -2.27. The van der Waals surface area contributed by atoms with Crippen LogP contribution in [0.15, 0.2) is 42.5 Å². The number of carbonyl (C=O) groups excluding carboxylic acids is 1. The molecule has 1 unspecified atom stereocenters. The summed E-state index contributed by atoms with van der Waals surface area (Å²) in [6.45, 7) is 1.97. The molecule has 1 amide bonds. The third kappa shape index (κ3) is 4.77. The molecule has 0 aromatic heterocycles. The smallest absolute Gasteiger partial charge is 0.261 e. The standard InChI is InChI=1S/C24H27NO4S2/c26-23(16-29-19-7-4-17(5-8-19)24-30-13-2-14-31-24)25-10-1-3-20(25)18-6-9-21-22(15-18)28-12-11-27-21/h4-9,15,20,24H,1-3,10-14,16H2. The summed E-state index contributed by atoms with van der Waals surface area (Å²) >= 11 is 4.02. The van der Waals surface area contributed by atoms with Crippen LogP contribution >= 0.6 is 23.5 Å². The van der Waals surface area contributed by atoms with Crippen LogP contribution in [0, 0.1) is 0 Å². The van der Waals surface area contributed by atoms with Crippen LogP contribution in [0.25, 0.3) is 0 Å². The summed E-state index contributed by atoms with van der Waals surface area (Å²) in [5.74, 6) is 4.78. The van der Waals surface area contributed by atoms with Gasteiger partial charge in [0.05, 0.1) is 10.6 Å². The van der Waals surface area contributed by atoms with Crippen molar-refractivity contribution in [2.24, 2.45) is 0 Å². The number of hydrogen-bond donors (Lipinski definition) is 0. The number of amides is 1. The average Bonchev–Trinajstić information content (AvgIpc) is 3.33. The number of benzene rings is 2. The first-order valence-corrected chi connectivity index (χ1v) is 13.0. The molecule has 2 saturated heterocycles. The molecule has 3 heterocycles. The van der Waals surface area contributed by atoms with Crippen LogP contribution in [0.3, 0.4) is 0 Å². The van der Waals surface area contributed by atoms with E-state index < -0.39 is 0 Å². The van der Waals surface area contributed by atoms with Crippen molar-refractivity contribution in [1.29, 1.82) is 0 Å². The van der Waals surface area contributed by atoms with Crippen molar-refractivity contribution in [3.05, 3.63) is 53.6 Å². The fraction of sp³-hybridized carbons (Fsp3) is 0.458. The molecule has 2 aromatic rings. The Morgan fingerprint density at radius 2 is 1.71 bits per heavy atom. The first-order chi connectivity index (χ1) is 15.3. The van der Waals surface area contributed by atoms with E-state index in [4.69, 9.17) is 14.2 Å². The maximum atomic E-state index is 12.9. The molecule has 0 bridgehead atoms. The number of hydrogen-bond acceptors (Lipinski definition) is 6. The number of ether oxygens (including phenoxy) is 3. The largest absolute Gasteiger partial charge is 0.486 e. The summed E-state index contributed by atoms with van der Waals surface area (Å²) in [5, 5.41) is 0. The lowest BCUT2D eigenvalue weighted by Crippen LogP contribution is -2.34. The maximum Gasteiger partial charge on any atom is 0.261 e. The lowest BCUT2D eigenvalue weighted by atomic mass is 10.0. The number of carbonyl (C=O) groups is 1. The molecule has 3 aliphatic rings. The van der Waals surface area contributed by atoms with Crippen LogP contribution in [0.5, 0.6) is 17.2 Å². The minimum Gasteiger partial charge on any atom is -0.486 e. The van der Waals surface area contributed by atoms with Gasteiger partial charge in [-0.05, 0) is 66.2 Å². The summed E-state index contributed by atoms with van der Waals surface area (Å²) in [4.78, 5) is 14.9. The molecule has 3 aliphatic heterocycles. The van der Waals surface area contributed by atoms with Gasteiger partial charge in [0, 0.05) is 6.54 Å². The van der Waals surface area contributed by atoms with Gasteiger partial charge in [-0.25, -0.2) is 0 Å². The van der Waals surface area contributed by atoms with Crippen LogP contribution in [-0.4, -0.2) is 48.7 Å². The van der Waals surface area contributed by atoms with Crippen LogP contribution in [0.2, 0.25) is 0 Å². The molecular weight excluding hydrogens is 430 g/mol. The fourth-order valence-electron chi connectivity index (χ4n) is 4.31. The molecule has 7 heteroatoms. The van der Waals surface area contributed by atoms with Gasteiger partial charge in [-0.15, -0.1) is 23.5 Å². The summed E-state index contributed by atoms with van der Waals surface area (Å²) in [7, 11) is 0. The number of nitrogens with zero attached hydrogens (tertiary/aromatic N) is 1. The molecule has 0 aliphatic carbocycles. The molecule has 0 saturated carbocycles. The van der Waals surface area contributed by atoms with E-state index in [0.29, 0.717) is 17.8 Å². The first kappa shape index (κ1) is 20.9. The van der Waals surface area contributed by atoms with E-state index in [1.165, 1.54) is 23.5 Å². The van der Waals surface area contributed by atoms with Gasteiger partial charge in [0.15, 0.2) is 18.1 Å². The van der Waals surface area contributed by atoms with Crippen molar-refractivity contribution in [2.45, 2.75) is 29.9 Å². The van der Waals surface area contributed by atoms with Crippen molar-refractivity contribution in [1.82, 2.24) is 4.90 Å². The van der Waals surface area contributed by atoms with Crippen molar-refractivity contribution in [3.63, 3.8) is 0 Å². The highest BCUT2D eigenvalue weighted by atomic mass is 32.2. The predicted molar refractivity (Wildman–Crippen MR) is 125 cm³/mol. The molecular formula is C24H27NO4S2. The monoisotopic (exact) mass is 457 g/mol. The molecule has 0 radical (unpaired) electrons. The summed E-state index contributed by atoms with van der Waals surface area (Å²) < 4.78 is 17.7. The highest BCUT2D eigenvalue weighted by molar-refractivity contribution is 8.16. The topological polar surface area (TPSA) is 48.0 Å². The van der Waals surface area contributed by atoms with E-state index >= 15 is 0 Å². The van der Waals surface area contributed by atoms with Crippen LogP contribution in [0.4, 0.5) is 0 Å². The molecule has 164 valence electrons.